The van der Waals surface area contributed by atoms with Gasteiger partial charge in [0, 0.05) is 46.9 Å². The van der Waals surface area contributed by atoms with E-state index in [1.54, 1.807) is 11.3 Å². The monoisotopic (exact) mass is 357 g/mol. The smallest absolute Gasteiger partial charge is 0.137 e. The van der Waals surface area contributed by atoms with Crippen molar-refractivity contribution in [3.8, 4) is 21.6 Å². The fourth-order valence-electron chi connectivity index (χ4n) is 3.09. The molecule has 0 aliphatic heterocycles. The molecule has 5 aromatic rings. The second-order valence-corrected chi connectivity index (χ2v) is 6.99. The van der Waals surface area contributed by atoms with Gasteiger partial charge < -0.3 is 4.98 Å². The van der Waals surface area contributed by atoms with Crippen molar-refractivity contribution in [1.29, 1.82) is 0 Å². The molecule has 5 nitrogen and oxygen atoms in total. The number of rotatable bonds is 4. The van der Waals surface area contributed by atoms with E-state index in [1.807, 2.05) is 53.2 Å². The van der Waals surface area contributed by atoms with Gasteiger partial charge in [0.1, 0.15) is 5.65 Å². The van der Waals surface area contributed by atoms with Gasteiger partial charge in [-0.2, -0.15) is 5.10 Å². The van der Waals surface area contributed by atoms with Crippen LogP contribution in [0, 0.1) is 0 Å². The van der Waals surface area contributed by atoms with Crippen molar-refractivity contribution < 1.29 is 0 Å². The zero-order chi connectivity index (χ0) is 17.3. The van der Waals surface area contributed by atoms with Crippen molar-refractivity contribution in [2.24, 2.45) is 0 Å². The van der Waals surface area contributed by atoms with Gasteiger partial charge in [0.2, 0.25) is 0 Å². The van der Waals surface area contributed by atoms with Gasteiger partial charge in [0.15, 0.2) is 0 Å². The third-order valence-electron chi connectivity index (χ3n) is 4.38. The fraction of sp³-hybridized carbons (Fsp3) is 0.0500. The number of aromatic nitrogens is 5. The minimum absolute atomic E-state index is 0.758. The number of benzene rings is 1. The lowest BCUT2D eigenvalue weighted by molar-refractivity contribution is 0.687. The van der Waals surface area contributed by atoms with E-state index in [0.29, 0.717) is 0 Å². The first-order valence-electron chi connectivity index (χ1n) is 8.29. The van der Waals surface area contributed by atoms with E-state index < -0.39 is 0 Å². The Balaban J connectivity index is 1.52. The van der Waals surface area contributed by atoms with Crippen LogP contribution in [-0.4, -0.2) is 24.7 Å². The molecule has 0 atom stereocenters. The number of hydrogen-bond donors (Lipinski definition) is 1. The maximum absolute atomic E-state index is 4.55. The number of aromatic amines is 1. The first-order valence-corrected chi connectivity index (χ1v) is 9.17. The summed E-state index contributed by atoms with van der Waals surface area (Å²) in [7, 11) is 0. The Hall–Kier alpha value is -3.25. The molecule has 0 radical (unpaired) electrons. The van der Waals surface area contributed by atoms with Crippen molar-refractivity contribution in [2.75, 3.05) is 0 Å². The van der Waals surface area contributed by atoms with Crippen molar-refractivity contribution >= 4 is 22.4 Å². The van der Waals surface area contributed by atoms with Gasteiger partial charge in [-0.3, -0.25) is 9.67 Å². The highest BCUT2D eigenvalue weighted by Gasteiger charge is 2.11. The topological polar surface area (TPSA) is 59.4 Å². The molecule has 0 saturated carbocycles. The molecule has 0 bridgehead atoms. The van der Waals surface area contributed by atoms with E-state index in [2.05, 4.69) is 44.4 Å². The normalized spacial score (nSPS) is 11.2. The average molecular weight is 357 g/mol. The van der Waals surface area contributed by atoms with E-state index in [0.717, 1.165) is 39.1 Å². The molecule has 0 spiro atoms. The Kier molecular flexibility index (Phi) is 3.61. The number of H-pyrrole nitrogens is 1. The highest BCUT2D eigenvalue weighted by atomic mass is 32.1. The van der Waals surface area contributed by atoms with Crippen molar-refractivity contribution in [3.05, 3.63) is 78.5 Å². The number of nitrogens with one attached hydrogen (secondary N) is 1. The second-order valence-electron chi connectivity index (χ2n) is 6.10. The highest BCUT2D eigenvalue weighted by Crippen LogP contribution is 2.31. The Morgan fingerprint density at radius 1 is 1.04 bits per heavy atom. The molecule has 1 aromatic carbocycles. The van der Waals surface area contributed by atoms with E-state index in [-0.39, 0.29) is 0 Å². The fourth-order valence-corrected chi connectivity index (χ4v) is 3.70. The summed E-state index contributed by atoms with van der Waals surface area (Å²) in [6.45, 7) is 0.758. The Morgan fingerprint density at radius 3 is 2.81 bits per heavy atom. The molecule has 0 fully saturated rings. The lowest BCUT2D eigenvalue weighted by Crippen LogP contribution is -1.99. The highest BCUT2D eigenvalue weighted by molar-refractivity contribution is 7.13. The lowest BCUT2D eigenvalue weighted by Gasteiger charge is -2.01. The van der Waals surface area contributed by atoms with Gasteiger partial charge in [0.05, 0.1) is 23.1 Å². The maximum atomic E-state index is 4.55. The zero-order valence-corrected chi connectivity index (χ0v) is 14.6. The van der Waals surface area contributed by atoms with Crippen molar-refractivity contribution in [1.82, 2.24) is 24.7 Å². The van der Waals surface area contributed by atoms with Crippen LogP contribution in [0.5, 0.6) is 0 Å². The quantitative estimate of drug-likeness (QED) is 0.511. The summed E-state index contributed by atoms with van der Waals surface area (Å²) >= 11 is 1.62. The molecule has 6 heteroatoms. The largest absolute Gasteiger partial charge is 0.346 e. The summed E-state index contributed by atoms with van der Waals surface area (Å²) in [5.41, 5.74) is 7.22. The number of thiazole rings is 1. The number of nitrogens with zero attached hydrogens (tertiary/aromatic N) is 4. The molecule has 0 saturated heterocycles. The number of fused-ring (bicyclic) bond motifs is 1. The van der Waals surface area contributed by atoms with E-state index in [1.165, 1.54) is 5.56 Å². The molecule has 126 valence electrons. The van der Waals surface area contributed by atoms with Crippen LogP contribution < -0.4 is 0 Å². The predicted octanol–water partition coefficient (Wildman–Crippen LogP) is 4.60. The predicted molar refractivity (Wildman–Crippen MR) is 104 cm³/mol. The molecular formula is C20H15N5S. The van der Waals surface area contributed by atoms with Crippen molar-refractivity contribution in [3.63, 3.8) is 0 Å². The molecule has 4 aromatic heterocycles. The van der Waals surface area contributed by atoms with E-state index in [4.69, 9.17) is 0 Å². The molecule has 0 aliphatic rings. The van der Waals surface area contributed by atoms with Crippen molar-refractivity contribution in [2.45, 2.75) is 6.54 Å². The third kappa shape index (κ3) is 2.70. The number of hydrogen-bond acceptors (Lipinski definition) is 4. The van der Waals surface area contributed by atoms with Crippen LogP contribution in [0.25, 0.3) is 32.6 Å². The van der Waals surface area contributed by atoms with Gasteiger partial charge >= 0.3 is 0 Å². The summed E-state index contributed by atoms with van der Waals surface area (Å²) in [6.07, 6.45) is 9.74. The van der Waals surface area contributed by atoms with Gasteiger partial charge in [-0.25, -0.2) is 4.98 Å². The molecule has 0 amide bonds. The molecular weight excluding hydrogens is 342 g/mol. The molecule has 1 N–H and O–H groups in total. The minimum Gasteiger partial charge on any atom is -0.346 e. The summed E-state index contributed by atoms with van der Waals surface area (Å²) in [5, 5.41) is 5.61. The first-order chi connectivity index (χ1) is 12.9. The van der Waals surface area contributed by atoms with Crippen LogP contribution in [0.4, 0.5) is 0 Å². The molecule has 0 aliphatic carbocycles. The van der Waals surface area contributed by atoms with E-state index in [9.17, 15) is 0 Å². The van der Waals surface area contributed by atoms with Crippen LogP contribution in [0.15, 0.2) is 72.9 Å². The Labute approximate surface area is 154 Å². The van der Waals surface area contributed by atoms with Gasteiger partial charge in [-0.05, 0) is 11.6 Å². The van der Waals surface area contributed by atoms with Crippen LogP contribution in [0.3, 0.4) is 0 Å². The summed E-state index contributed by atoms with van der Waals surface area (Å²) < 4.78 is 1.96. The number of pyridine rings is 1. The van der Waals surface area contributed by atoms with Crippen LogP contribution in [0.1, 0.15) is 5.56 Å². The summed E-state index contributed by atoms with van der Waals surface area (Å²) in [6, 6.07) is 12.5. The Bertz CT molecular complexity index is 1160. The van der Waals surface area contributed by atoms with Crippen LogP contribution in [-0.2, 0) is 6.54 Å². The summed E-state index contributed by atoms with van der Waals surface area (Å²) in [5.74, 6) is 0. The molecule has 5 rings (SSSR count). The third-order valence-corrected chi connectivity index (χ3v) is 5.20. The van der Waals surface area contributed by atoms with Crippen LogP contribution >= 0.6 is 11.3 Å². The summed E-state index contributed by atoms with van der Waals surface area (Å²) in [4.78, 5) is 13.1. The zero-order valence-electron chi connectivity index (χ0n) is 13.8. The van der Waals surface area contributed by atoms with E-state index >= 15 is 0 Å². The Morgan fingerprint density at radius 2 is 1.96 bits per heavy atom. The molecule has 26 heavy (non-hydrogen) atoms. The molecule has 4 heterocycles. The average Bonchev–Trinajstić information content (AvgIpc) is 3.42. The van der Waals surface area contributed by atoms with Gasteiger partial charge in [0.25, 0.3) is 0 Å². The minimum atomic E-state index is 0.758. The van der Waals surface area contributed by atoms with Gasteiger partial charge in [-0.15, -0.1) is 11.3 Å². The van der Waals surface area contributed by atoms with Crippen LogP contribution in [0.2, 0.25) is 0 Å². The maximum Gasteiger partial charge on any atom is 0.137 e. The standard InChI is InChI=1S/C20H15N5S/c1-2-4-14(5-3-1)11-25-12-16(8-24-25)18-9-23-20-17(18)6-15(7-22-20)19-10-21-13-26-19/h1-10,12-13H,11H2,(H,22,23). The van der Waals surface area contributed by atoms with Gasteiger partial charge in [-0.1, -0.05) is 30.3 Å². The SMILES string of the molecule is c1ccc(Cn2cc(-c3c[nH]c4ncc(-c5cncs5)cc34)cn2)cc1. The first kappa shape index (κ1) is 15.0. The molecule has 0 unspecified atom stereocenters. The lowest BCUT2D eigenvalue weighted by atomic mass is 10.1. The second kappa shape index (κ2) is 6.24.